The molecule has 1 rings (SSSR count). The zero-order valence-corrected chi connectivity index (χ0v) is 8.11. The second-order valence-electron chi connectivity index (χ2n) is 3.34. The number of aliphatic hydroxyl groups is 4. The Bertz CT molecular complexity index is 231. The molecule has 15 heavy (non-hydrogen) atoms. The maximum atomic E-state index is 10.5. The van der Waals surface area contributed by atoms with Crippen LogP contribution in [0.3, 0.4) is 0 Å². The van der Waals surface area contributed by atoms with Crippen molar-refractivity contribution in [1.82, 2.24) is 0 Å². The Morgan fingerprint density at radius 2 is 1.80 bits per heavy atom. The van der Waals surface area contributed by atoms with Crippen LogP contribution in [0.15, 0.2) is 0 Å². The molecular weight excluding hydrogens is 208 g/mol. The number of aliphatic hydroxyl groups excluding tert-OH is 4. The summed E-state index contributed by atoms with van der Waals surface area (Å²) >= 11 is 0. The van der Waals surface area contributed by atoms with Crippen molar-refractivity contribution in [2.45, 2.75) is 37.6 Å². The zero-order valence-electron chi connectivity index (χ0n) is 8.11. The number of ether oxygens (including phenoxy) is 2. The number of hydrogen-bond acceptors (Lipinski definition) is 7. The predicted octanol–water partition coefficient (Wildman–Crippen LogP) is -2.65. The number of rotatable bonds is 2. The van der Waals surface area contributed by atoms with Crippen LogP contribution in [0.4, 0.5) is 0 Å². The van der Waals surface area contributed by atoms with E-state index in [1.54, 1.807) is 0 Å². The normalized spacial score (nSPS) is 41.3. The van der Waals surface area contributed by atoms with E-state index >= 15 is 0 Å². The molecule has 1 fully saturated rings. The molecular formula is C8H14O7. The Labute approximate surface area is 85.9 Å². The van der Waals surface area contributed by atoms with Gasteiger partial charge in [0.1, 0.15) is 31.0 Å². The molecule has 1 heterocycles. The minimum atomic E-state index is -1.61. The van der Waals surface area contributed by atoms with Crippen LogP contribution in [0.1, 0.15) is 6.92 Å². The van der Waals surface area contributed by atoms with Gasteiger partial charge in [-0.05, 0) is 0 Å². The monoisotopic (exact) mass is 222 g/mol. The zero-order chi connectivity index (χ0) is 11.6. The van der Waals surface area contributed by atoms with Gasteiger partial charge in [0.15, 0.2) is 6.29 Å². The number of carbonyl (C=O) groups is 1. The van der Waals surface area contributed by atoms with Crippen LogP contribution >= 0.6 is 0 Å². The third-order valence-corrected chi connectivity index (χ3v) is 2.14. The first-order chi connectivity index (χ1) is 6.93. The summed E-state index contributed by atoms with van der Waals surface area (Å²) < 4.78 is 9.31. The standard InChI is InChI=1S/C8H14O7/c1-3(9)14-2-4-5(10)6(11)7(12)8(13)15-4/h4-8,10-13H,2H2,1H3/t4?,5-,6?,7?,8+/m0/s1. The Kier molecular flexibility index (Phi) is 4.00. The Morgan fingerprint density at radius 1 is 1.20 bits per heavy atom. The highest BCUT2D eigenvalue weighted by Crippen LogP contribution is 2.19. The minimum absolute atomic E-state index is 0.294. The third kappa shape index (κ3) is 2.86. The van der Waals surface area contributed by atoms with E-state index < -0.39 is 36.7 Å². The fourth-order valence-corrected chi connectivity index (χ4v) is 1.27. The molecule has 0 aromatic carbocycles. The second kappa shape index (κ2) is 4.86. The van der Waals surface area contributed by atoms with Crippen LogP contribution in [0.25, 0.3) is 0 Å². The highest BCUT2D eigenvalue weighted by Gasteiger charge is 2.43. The van der Waals surface area contributed by atoms with Gasteiger partial charge in [-0.25, -0.2) is 0 Å². The number of esters is 1. The summed E-state index contributed by atoms with van der Waals surface area (Å²) in [6.45, 7) is 0.883. The van der Waals surface area contributed by atoms with Gasteiger partial charge < -0.3 is 29.9 Å². The Hall–Kier alpha value is -0.730. The van der Waals surface area contributed by atoms with Crippen LogP contribution in [0.5, 0.6) is 0 Å². The van der Waals surface area contributed by atoms with E-state index in [2.05, 4.69) is 4.74 Å². The van der Waals surface area contributed by atoms with Crippen molar-refractivity contribution in [3.63, 3.8) is 0 Å². The van der Waals surface area contributed by atoms with E-state index in [0.29, 0.717) is 0 Å². The summed E-state index contributed by atoms with van der Waals surface area (Å²) in [5.74, 6) is -0.569. The topological polar surface area (TPSA) is 116 Å². The largest absolute Gasteiger partial charge is 0.463 e. The number of hydrogen-bond donors (Lipinski definition) is 4. The predicted molar refractivity (Wildman–Crippen MR) is 45.5 cm³/mol. The summed E-state index contributed by atoms with van der Waals surface area (Å²) in [6.07, 6.45) is -7.18. The molecule has 0 aliphatic carbocycles. The van der Waals surface area contributed by atoms with Gasteiger partial charge in [-0.3, -0.25) is 4.79 Å². The molecule has 0 saturated carbocycles. The summed E-state index contributed by atoms with van der Waals surface area (Å²) in [6, 6.07) is 0. The first kappa shape index (κ1) is 12.3. The summed E-state index contributed by atoms with van der Waals surface area (Å²) in [4.78, 5) is 10.5. The highest BCUT2D eigenvalue weighted by atomic mass is 16.6. The highest BCUT2D eigenvalue weighted by molar-refractivity contribution is 5.65. The molecule has 7 heteroatoms. The molecule has 0 radical (unpaired) electrons. The smallest absolute Gasteiger partial charge is 0.302 e. The lowest BCUT2D eigenvalue weighted by molar-refractivity contribution is -0.287. The van der Waals surface area contributed by atoms with Gasteiger partial charge in [-0.2, -0.15) is 0 Å². The molecule has 1 aliphatic heterocycles. The van der Waals surface area contributed by atoms with Crippen LogP contribution in [-0.4, -0.2) is 63.7 Å². The van der Waals surface area contributed by atoms with Gasteiger partial charge in [0, 0.05) is 6.92 Å². The van der Waals surface area contributed by atoms with Gasteiger partial charge >= 0.3 is 5.97 Å². The van der Waals surface area contributed by atoms with Crippen LogP contribution in [0.2, 0.25) is 0 Å². The first-order valence-electron chi connectivity index (χ1n) is 4.44. The van der Waals surface area contributed by atoms with Gasteiger partial charge in [0.05, 0.1) is 0 Å². The van der Waals surface area contributed by atoms with E-state index in [4.69, 9.17) is 14.9 Å². The van der Waals surface area contributed by atoms with Crippen LogP contribution in [-0.2, 0) is 14.3 Å². The SMILES string of the molecule is CC(=O)OCC1O[C@@H](O)C(O)C(O)[C@H]1O. The van der Waals surface area contributed by atoms with Crippen LogP contribution in [0, 0.1) is 0 Å². The first-order valence-corrected chi connectivity index (χ1v) is 4.44. The lowest BCUT2D eigenvalue weighted by Crippen LogP contribution is -2.58. The molecule has 7 nitrogen and oxygen atoms in total. The average Bonchev–Trinajstić information content (AvgIpc) is 2.18. The second-order valence-corrected chi connectivity index (χ2v) is 3.34. The van der Waals surface area contributed by atoms with E-state index in [1.165, 1.54) is 6.92 Å². The minimum Gasteiger partial charge on any atom is -0.463 e. The third-order valence-electron chi connectivity index (χ3n) is 2.14. The van der Waals surface area contributed by atoms with Crippen molar-refractivity contribution in [3.05, 3.63) is 0 Å². The summed E-state index contributed by atoms with van der Waals surface area (Å²) in [7, 11) is 0. The Morgan fingerprint density at radius 3 is 2.33 bits per heavy atom. The lowest BCUT2D eigenvalue weighted by atomic mass is 9.99. The molecule has 1 saturated heterocycles. The van der Waals surface area contributed by atoms with Crippen molar-refractivity contribution in [3.8, 4) is 0 Å². The lowest BCUT2D eigenvalue weighted by Gasteiger charge is -2.37. The molecule has 0 aromatic heterocycles. The van der Waals surface area contributed by atoms with Crippen molar-refractivity contribution >= 4 is 5.97 Å². The van der Waals surface area contributed by atoms with Crippen molar-refractivity contribution in [2.75, 3.05) is 6.61 Å². The van der Waals surface area contributed by atoms with Gasteiger partial charge in [-0.1, -0.05) is 0 Å². The molecule has 0 amide bonds. The average molecular weight is 222 g/mol. The van der Waals surface area contributed by atoms with E-state index in [9.17, 15) is 15.0 Å². The van der Waals surface area contributed by atoms with Crippen LogP contribution < -0.4 is 0 Å². The molecule has 0 bridgehead atoms. The molecule has 5 atom stereocenters. The van der Waals surface area contributed by atoms with Gasteiger partial charge in [-0.15, -0.1) is 0 Å². The molecule has 4 N–H and O–H groups in total. The van der Waals surface area contributed by atoms with E-state index in [-0.39, 0.29) is 6.61 Å². The van der Waals surface area contributed by atoms with E-state index in [0.717, 1.165) is 0 Å². The molecule has 0 spiro atoms. The van der Waals surface area contributed by atoms with Gasteiger partial charge in [0.25, 0.3) is 0 Å². The molecule has 1 aliphatic rings. The van der Waals surface area contributed by atoms with Crippen molar-refractivity contribution < 1.29 is 34.7 Å². The molecule has 88 valence electrons. The molecule has 0 aromatic rings. The fourth-order valence-electron chi connectivity index (χ4n) is 1.27. The quantitative estimate of drug-likeness (QED) is 0.377. The molecule has 3 unspecified atom stereocenters. The van der Waals surface area contributed by atoms with E-state index in [1.807, 2.05) is 0 Å². The fraction of sp³-hybridized carbons (Fsp3) is 0.875. The summed E-state index contributed by atoms with van der Waals surface area (Å²) in [5.41, 5.74) is 0. The van der Waals surface area contributed by atoms with Gasteiger partial charge in [0.2, 0.25) is 0 Å². The maximum absolute atomic E-state index is 10.5. The number of carbonyl (C=O) groups excluding carboxylic acids is 1. The van der Waals surface area contributed by atoms with Crippen molar-refractivity contribution in [2.24, 2.45) is 0 Å². The maximum Gasteiger partial charge on any atom is 0.302 e. The Balaban J connectivity index is 2.54. The van der Waals surface area contributed by atoms with Crippen molar-refractivity contribution in [1.29, 1.82) is 0 Å². The summed E-state index contributed by atoms with van der Waals surface area (Å²) in [5, 5.41) is 36.9.